The Bertz CT molecular complexity index is 403. The van der Waals surface area contributed by atoms with E-state index in [1.54, 1.807) is 0 Å². The minimum Gasteiger partial charge on any atom is -0.465 e. The van der Waals surface area contributed by atoms with Crippen LogP contribution in [-0.2, 0) is 13.1 Å². The van der Waals surface area contributed by atoms with Gasteiger partial charge in [0.1, 0.15) is 11.5 Å². The van der Waals surface area contributed by atoms with Gasteiger partial charge in [-0.1, -0.05) is 20.8 Å². The Kier molecular flexibility index (Phi) is 5.37. The molecule has 2 heterocycles. The number of thioether (sulfide) groups is 1. The molecule has 0 saturated carbocycles. The summed E-state index contributed by atoms with van der Waals surface area (Å²) >= 11 is 2.07. The van der Waals surface area contributed by atoms with Gasteiger partial charge in [0.15, 0.2) is 0 Å². The molecule has 1 fully saturated rings. The van der Waals surface area contributed by atoms with Crippen LogP contribution in [0.1, 0.15) is 37.9 Å². The molecule has 1 aromatic heterocycles. The highest BCUT2D eigenvalue weighted by molar-refractivity contribution is 7.99. The lowest BCUT2D eigenvalue weighted by Gasteiger charge is -2.29. The van der Waals surface area contributed by atoms with Crippen LogP contribution in [-0.4, -0.2) is 35.0 Å². The molecule has 1 unspecified atom stereocenters. The maximum absolute atomic E-state index is 5.90. The van der Waals surface area contributed by atoms with E-state index in [1.165, 1.54) is 24.4 Å². The van der Waals surface area contributed by atoms with Crippen molar-refractivity contribution in [2.75, 3.05) is 18.8 Å². The molecule has 0 amide bonds. The van der Waals surface area contributed by atoms with Crippen molar-refractivity contribution in [2.45, 2.75) is 52.1 Å². The summed E-state index contributed by atoms with van der Waals surface area (Å²) in [6, 6.07) is 2.73. The Morgan fingerprint density at radius 1 is 1.53 bits per heavy atom. The summed E-state index contributed by atoms with van der Waals surface area (Å²) in [7, 11) is 0. The number of nitrogens with zero attached hydrogens (tertiary/aromatic N) is 1. The fourth-order valence-corrected chi connectivity index (χ4v) is 3.49. The van der Waals surface area contributed by atoms with E-state index in [4.69, 9.17) is 4.42 Å². The van der Waals surface area contributed by atoms with Crippen molar-refractivity contribution in [3.63, 3.8) is 0 Å². The number of hydrogen-bond donors (Lipinski definition) is 1. The van der Waals surface area contributed by atoms with Gasteiger partial charge in [0.05, 0.1) is 6.54 Å². The first kappa shape index (κ1) is 14.9. The monoisotopic (exact) mass is 282 g/mol. The van der Waals surface area contributed by atoms with Crippen LogP contribution in [0.5, 0.6) is 0 Å². The number of furan rings is 1. The molecule has 1 saturated heterocycles. The molecule has 3 nitrogen and oxygen atoms in total. The Balaban J connectivity index is 1.91. The van der Waals surface area contributed by atoms with Crippen LogP contribution >= 0.6 is 11.8 Å². The van der Waals surface area contributed by atoms with Gasteiger partial charge in [0.25, 0.3) is 0 Å². The zero-order valence-corrected chi connectivity index (χ0v) is 13.3. The van der Waals surface area contributed by atoms with Gasteiger partial charge in [0.2, 0.25) is 0 Å². The van der Waals surface area contributed by atoms with E-state index < -0.39 is 0 Å². The van der Waals surface area contributed by atoms with Crippen molar-refractivity contribution in [3.05, 3.63) is 23.2 Å². The minimum absolute atomic E-state index is 0.512. The Labute approximate surface area is 121 Å². The number of hydrogen-bond acceptors (Lipinski definition) is 4. The van der Waals surface area contributed by atoms with Crippen molar-refractivity contribution in [2.24, 2.45) is 0 Å². The zero-order valence-electron chi connectivity index (χ0n) is 12.5. The van der Waals surface area contributed by atoms with E-state index in [0.29, 0.717) is 6.04 Å². The van der Waals surface area contributed by atoms with Gasteiger partial charge in [-0.25, -0.2) is 0 Å². The Morgan fingerprint density at radius 3 is 3.00 bits per heavy atom. The number of nitrogens with one attached hydrogen (secondary N) is 1. The molecule has 1 aliphatic heterocycles. The van der Waals surface area contributed by atoms with Crippen LogP contribution in [0.3, 0.4) is 0 Å². The van der Waals surface area contributed by atoms with E-state index in [9.17, 15) is 0 Å². The Hall–Kier alpha value is -0.450. The molecule has 108 valence electrons. The smallest absolute Gasteiger partial charge is 0.118 e. The van der Waals surface area contributed by atoms with Crippen molar-refractivity contribution in [1.29, 1.82) is 0 Å². The normalized spacial score (nSPS) is 21.2. The van der Waals surface area contributed by atoms with Gasteiger partial charge in [-0.05, 0) is 13.0 Å². The standard InChI is InChI=1S/C15H26N2OS/c1-11(2)16-8-14-7-15(18-13(14)4)10-17-5-6-19-12(3)9-17/h7,11-12,16H,5-6,8-10H2,1-4H3. The summed E-state index contributed by atoms with van der Waals surface area (Å²) in [6.45, 7) is 12.9. The van der Waals surface area contributed by atoms with E-state index in [-0.39, 0.29) is 0 Å². The lowest BCUT2D eigenvalue weighted by atomic mass is 10.2. The summed E-state index contributed by atoms with van der Waals surface area (Å²) in [6.07, 6.45) is 0. The molecule has 19 heavy (non-hydrogen) atoms. The molecule has 0 bridgehead atoms. The highest BCUT2D eigenvalue weighted by Gasteiger charge is 2.18. The quantitative estimate of drug-likeness (QED) is 0.898. The predicted octanol–water partition coefficient (Wildman–Crippen LogP) is 3.02. The van der Waals surface area contributed by atoms with Crippen LogP contribution in [0.2, 0.25) is 0 Å². The average molecular weight is 282 g/mol. The number of aryl methyl sites for hydroxylation is 1. The summed E-state index contributed by atoms with van der Waals surface area (Å²) in [5.74, 6) is 3.41. The summed E-state index contributed by atoms with van der Waals surface area (Å²) in [4.78, 5) is 2.50. The molecular formula is C15H26N2OS. The molecule has 0 aliphatic carbocycles. The third-order valence-corrected chi connectivity index (χ3v) is 4.61. The SMILES string of the molecule is Cc1oc(CN2CCSC(C)C2)cc1CNC(C)C. The average Bonchev–Trinajstić information content (AvgIpc) is 2.67. The lowest BCUT2D eigenvalue weighted by molar-refractivity contribution is 0.253. The maximum atomic E-state index is 5.90. The molecule has 0 spiro atoms. The van der Waals surface area contributed by atoms with E-state index in [2.05, 4.69) is 55.7 Å². The van der Waals surface area contributed by atoms with Crippen molar-refractivity contribution in [3.8, 4) is 0 Å². The second-order valence-electron chi connectivity index (χ2n) is 5.75. The highest BCUT2D eigenvalue weighted by atomic mass is 32.2. The molecule has 1 atom stereocenters. The van der Waals surface area contributed by atoms with Crippen molar-refractivity contribution in [1.82, 2.24) is 10.2 Å². The molecule has 1 N–H and O–H groups in total. The van der Waals surface area contributed by atoms with Crippen LogP contribution in [0.15, 0.2) is 10.5 Å². The van der Waals surface area contributed by atoms with Gasteiger partial charge in [0, 0.05) is 42.2 Å². The summed E-state index contributed by atoms with van der Waals surface area (Å²) in [5, 5.41) is 4.19. The topological polar surface area (TPSA) is 28.4 Å². The molecular weight excluding hydrogens is 256 g/mol. The fraction of sp³-hybridized carbons (Fsp3) is 0.733. The largest absolute Gasteiger partial charge is 0.465 e. The molecule has 4 heteroatoms. The van der Waals surface area contributed by atoms with Gasteiger partial charge >= 0.3 is 0 Å². The third kappa shape index (κ3) is 4.55. The molecule has 1 aliphatic rings. The van der Waals surface area contributed by atoms with Crippen molar-refractivity contribution >= 4 is 11.8 Å². The molecule has 0 radical (unpaired) electrons. The van der Waals surface area contributed by atoms with Crippen LogP contribution in [0.25, 0.3) is 0 Å². The van der Waals surface area contributed by atoms with Gasteiger partial charge < -0.3 is 9.73 Å². The van der Waals surface area contributed by atoms with Crippen LogP contribution in [0, 0.1) is 6.92 Å². The highest BCUT2D eigenvalue weighted by Crippen LogP contribution is 2.21. The summed E-state index contributed by atoms with van der Waals surface area (Å²) < 4.78 is 5.90. The zero-order chi connectivity index (χ0) is 13.8. The predicted molar refractivity (Wildman–Crippen MR) is 82.6 cm³/mol. The first-order chi connectivity index (χ1) is 9.04. The van der Waals surface area contributed by atoms with Gasteiger partial charge in [-0.15, -0.1) is 0 Å². The van der Waals surface area contributed by atoms with E-state index in [0.717, 1.165) is 29.9 Å². The van der Waals surface area contributed by atoms with Gasteiger partial charge in [-0.3, -0.25) is 4.90 Å². The fourth-order valence-electron chi connectivity index (χ4n) is 2.41. The molecule has 2 rings (SSSR count). The van der Waals surface area contributed by atoms with E-state index >= 15 is 0 Å². The van der Waals surface area contributed by atoms with Crippen LogP contribution < -0.4 is 5.32 Å². The second kappa shape index (κ2) is 6.82. The first-order valence-corrected chi connectivity index (χ1v) is 8.25. The third-order valence-electron chi connectivity index (χ3n) is 3.48. The van der Waals surface area contributed by atoms with Crippen molar-refractivity contribution < 1.29 is 4.42 Å². The van der Waals surface area contributed by atoms with Crippen LogP contribution in [0.4, 0.5) is 0 Å². The number of rotatable bonds is 5. The second-order valence-corrected chi connectivity index (χ2v) is 7.29. The first-order valence-electron chi connectivity index (χ1n) is 7.20. The van der Waals surface area contributed by atoms with E-state index in [1.807, 2.05) is 0 Å². The molecule has 0 aromatic carbocycles. The lowest BCUT2D eigenvalue weighted by Crippen LogP contribution is -2.35. The minimum atomic E-state index is 0.512. The maximum Gasteiger partial charge on any atom is 0.118 e. The molecule has 1 aromatic rings. The summed E-state index contributed by atoms with van der Waals surface area (Å²) in [5.41, 5.74) is 1.29. The Morgan fingerprint density at radius 2 is 2.32 bits per heavy atom. The van der Waals surface area contributed by atoms with Gasteiger partial charge in [-0.2, -0.15) is 11.8 Å².